The number of para-hydroxylation sites is 1. The molecule has 3 N–H and O–H groups in total. The Morgan fingerprint density at radius 3 is 2.81 bits per heavy atom. The number of nitrogens with two attached hydrogens (primary N) is 1. The zero-order chi connectivity index (χ0) is 15.4. The minimum atomic E-state index is -0.447. The Hall–Kier alpha value is -2.45. The first-order valence-corrected chi connectivity index (χ1v) is 6.40. The Bertz CT molecular complexity index is 639. The number of nitro benzene ring substituents is 1. The highest BCUT2D eigenvalue weighted by Gasteiger charge is 2.17. The summed E-state index contributed by atoms with van der Waals surface area (Å²) in [6.07, 6.45) is 3.62. The maximum absolute atomic E-state index is 11.0. The number of aryl methyl sites for hydroxylation is 1. The van der Waals surface area contributed by atoms with Crippen LogP contribution in [0.2, 0.25) is 0 Å². The number of aromatic nitrogens is 2. The van der Waals surface area contributed by atoms with Crippen molar-refractivity contribution < 1.29 is 4.92 Å². The molecule has 0 unspecified atom stereocenters. The van der Waals surface area contributed by atoms with E-state index in [1.807, 2.05) is 35.8 Å². The smallest absolute Gasteiger partial charge is 0.293 e. The van der Waals surface area contributed by atoms with Gasteiger partial charge in [0.2, 0.25) is 0 Å². The molecule has 21 heavy (non-hydrogen) atoms. The third-order valence-corrected chi connectivity index (χ3v) is 3.24. The molecule has 8 nitrogen and oxygen atoms in total. The van der Waals surface area contributed by atoms with Crippen LogP contribution in [0.3, 0.4) is 0 Å². The van der Waals surface area contributed by atoms with Crippen LogP contribution >= 0.6 is 0 Å². The summed E-state index contributed by atoms with van der Waals surface area (Å²) < 4.78 is 1.94. The molecule has 0 aliphatic rings. The first-order chi connectivity index (χ1) is 10.0. The van der Waals surface area contributed by atoms with E-state index in [2.05, 4.69) is 10.4 Å². The van der Waals surface area contributed by atoms with E-state index in [0.717, 1.165) is 11.4 Å². The highest BCUT2D eigenvalue weighted by Crippen LogP contribution is 2.28. The van der Waals surface area contributed by atoms with Crippen LogP contribution in [0.1, 0.15) is 11.4 Å². The van der Waals surface area contributed by atoms with Crippen molar-refractivity contribution in [3.63, 3.8) is 0 Å². The third-order valence-electron chi connectivity index (χ3n) is 3.24. The number of nitrogens with zero attached hydrogens (tertiary/aromatic N) is 4. The molecule has 0 aliphatic heterocycles. The number of anilines is 1. The summed E-state index contributed by atoms with van der Waals surface area (Å²) >= 11 is 0. The average molecular weight is 290 g/mol. The predicted octanol–water partition coefficient (Wildman–Crippen LogP) is 1.25. The van der Waals surface area contributed by atoms with Gasteiger partial charge in [0, 0.05) is 32.1 Å². The van der Waals surface area contributed by atoms with E-state index in [9.17, 15) is 10.1 Å². The number of nitrogen functional groups attached to an aromatic ring is 1. The molecular formula is C13H18N6O2. The van der Waals surface area contributed by atoms with Crippen molar-refractivity contribution in [1.29, 1.82) is 0 Å². The maximum Gasteiger partial charge on any atom is 0.293 e. The minimum absolute atomic E-state index is 0.0274. The second kappa shape index (κ2) is 6.33. The lowest BCUT2D eigenvalue weighted by Gasteiger charge is -2.18. The SMILES string of the molecule is CN(Cc1cccc([N+](=O)[O-])c1NN)Cc1nccn1C. The Morgan fingerprint density at radius 1 is 1.48 bits per heavy atom. The molecule has 1 heterocycles. The molecule has 2 rings (SSSR count). The molecule has 0 amide bonds. The number of benzene rings is 1. The molecule has 8 heteroatoms. The molecule has 0 saturated carbocycles. The number of nitro groups is 1. The van der Waals surface area contributed by atoms with Gasteiger partial charge in [-0.3, -0.25) is 20.9 Å². The summed E-state index contributed by atoms with van der Waals surface area (Å²) in [5.74, 6) is 6.36. The van der Waals surface area contributed by atoms with Crippen molar-refractivity contribution in [3.05, 3.63) is 52.1 Å². The number of rotatable bonds is 6. The molecule has 112 valence electrons. The molecule has 0 aliphatic carbocycles. The number of imidazole rings is 1. The van der Waals surface area contributed by atoms with Crippen LogP contribution in [0, 0.1) is 10.1 Å². The Morgan fingerprint density at radius 2 is 2.24 bits per heavy atom. The highest BCUT2D eigenvalue weighted by atomic mass is 16.6. The zero-order valence-corrected chi connectivity index (χ0v) is 12.0. The lowest BCUT2D eigenvalue weighted by atomic mass is 10.1. The summed E-state index contributed by atoms with van der Waals surface area (Å²) in [7, 11) is 3.85. The van der Waals surface area contributed by atoms with E-state index in [1.54, 1.807) is 12.3 Å². The molecule has 0 saturated heterocycles. The van der Waals surface area contributed by atoms with Gasteiger partial charge in [0.1, 0.15) is 11.5 Å². The zero-order valence-electron chi connectivity index (χ0n) is 12.0. The quantitative estimate of drug-likeness (QED) is 0.471. The van der Waals surface area contributed by atoms with Crippen LogP contribution in [0.4, 0.5) is 11.4 Å². The van der Waals surface area contributed by atoms with E-state index < -0.39 is 4.92 Å². The monoisotopic (exact) mass is 290 g/mol. The van der Waals surface area contributed by atoms with Crippen molar-refractivity contribution in [3.8, 4) is 0 Å². The van der Waals surface area contributed by atoms with Gasteiger partial charge in [0.25, 0.3) is 5.69 Å². The summed E-state index contributed by atoms with van der Waals surface area (Å²) in [5.41, 5.74) is 3.51. The maximum atomic E-state index is 11.0. The molecule has 0 spiro atoms. The molecule has 0 atom stereocenters. The largest absolute Gasteiger partial charge is 0.337 e. The predicted molar refractivity (Wildman–Crippen MR) is 79.3 cm³/mol. The molecule has 0 radical (unpaired) electrons. The van der Waals surface area contributed by atoms with Gasteiger partial charge in [0.05, 0.1) is 11.5 Å². The number of hydrazine groups is 1. The van der Waals surface area contributed by atoms with Crippen LogP contribution in [0.5, 0.6) is 0 Å². The molecule has 2 aromatic rings. The van der Waals surface area contributed by atoms with Crippen LogP contribution in [-0.2, 0) is 20.1 Å². The number of nitrogens with one attached hydrogen (secondary N) is 1. The van der Waals surface area contributed by atoms with E-state index in [1.165, 1.54) is 6.07 Å². The minimum Gasteiger partial charge on any atom is -0.337 e. The Kier molecular flexibility index (Phi) is 4.51. The summed E-state index contributed by atoms with van der Waals surface area (Å²) in [6.45, 7) is 1.16. The van der Waals surface area contributed by atoms with E-state index in [0.29, 0.717) is 18.8 Å². The standard InChI is InChI=1S/C13H18N6O2/c1-17(9-12-15-6-7-18(12)2)8-10-4-3-5-11(19(20)21)13(10)16-14/h3-7,16H,8-9,14H2,1-2H3. The van der Waals surface area contributed by atoms with Gasteiger partial charge in [-0.2, -0.15) is 0 Å². The fourth-order valence-corrected chi connectivity index (χ4v) is 2.17. The molecule has 0 fully saturated rings. The second-order valence-corrected chi connectivity index (χ2v) is 4.84. The Balaban J connectivity index is 2.17. The van der Waals surface area contributed by atoms with Crippen molar-refractivity contribution >= 4 is 11.4 Å². The van der Waals surface area contributed by atoms with Crippen molar-refractivity contribution in [2.24, 2.45) is 12.9 Å². The van der Waals surface area contributed by atoms with E-state index in [4.69, 9.17) is 5.84 Å². The fourth-order valence-electron chi connectivity index (χ4n) is 2.17. The van der Waals surface area contributed by atoms with E-state index in [-0.39, 0.29) is 5.69 Å². The van der Waals surface area contributed by atoms with Crippen LogP contribution < -0.4 is 11.3 Å². The average Bonchev–Trinajstić information content (AvgIpc) is 2.83. The summed E-state index contributed by atoms with van der Waals surface area (Å²) in [4.78, 5) is 16.8. The van der Waals surface area contributed by atoms with Crippen LogP contribution in [0.25, 0.3) is 0 Å². The fraction of sp³-hybridized carbons (Fsp3) is 0.308. The van der Waals surface area contributed by atoms with Gasteiger partial charge in [-0.15, -0.1) is 0 Å². The van der Waals surface area contributed by atoms with E-state index >= 15 is 0 Å². The van der Waals surface area contributed by atoms with Crippen LogP contribution in [-0.4, -0.2) is 26.4 Å². The highest BCUT2D eigenvalue weighted by molar-refractivity contribution is 5.65. The van der Waals surface area contributed by atoms with Crippen molar-refractivity contribution in [2.45, 2.75) is 13.1 Å². The summed E-state index contributed by atoms with van der Waals surface area (Å²) in [5, 5.41) is 11.0. The molecular weight excluding hydrogens is 272 g/mol. The first-order valence-electron chi connectivity index (χ1n) is 6.40. The normalized spacial score (nSPS) is 10.9. The van der Waals surface area contributed by atoms with Gasteiger partial charge < -0.3 is 9.99 Å². The number of hydrogen-bond donors (Lipinski definition) is 2. The number of hydrogen-bond acceptors (Lipinski definition) is 6. The second-order valence-electron chi connectivity index (χ2n) is 4.84. The molecule has 1 aromatic carbocycles. The molecule has 1 aromatic heterocycles. The lowest BCUT2D eigenvalue weighted by molar-refractivity contribution is -0.384. The van der Waals surface area contributed by atoms with Crippen LogP contribution in [0.15, 0.2) is 30.6 Å². The van der Waals surface area contributed by atoms with Crippen molar-refractivity contribution in [1.82, 2.24) is 14.5 Å². The van der Waals surface area contributed by atoms with Gasteiger partial charge in [-0.25, -0.2) is 4.98 Å². The summed E-state index contributed by atoms with van der Waals surface area (Å²) in [6, 6.07) is 4.90. The van der Waals surface area contributed by atoms with Gasteiger partial charge in [0.15, 0.2) is 0 Å². The van der Waals surface area contributed by atoms with Gasteiger partial charge >= 0.3 is 0 Å². The lowest BCUT2D eigenvalue weighted by Crippen LogP contribution is -2.21. The Labute approximate surface area is 122 Å². The molecule has 0 bridgehead atoms. The first kappa shape index (κ1) is 14.9. The van der Waals surface area contributed by atoms with Gasteiger partial charge in [-0.05, 0) is 12.6 Å². The topological polar surface area (TPSA) is 102 Å². The van der Waals surface area contributed by atoms with Crippen molar-refractivity contribution in [2.75, 3.05) is 12.5 Å². The van der Waals surface area contributed by atoms with Gasteiger partial charge in [-0.1, -0.05) is 12.1 Å². The third kappa shape index (κ3) is 3.36.